The number of carbonyl (C=O) groups is 1. The Morgan fingerprint density at radius 1 is 1.04 bits per heavy atom. The van der Waals surface area contributed by atoms with E-state index in [-0.39, 0.29) is 15.6 Å². The number of halogens is 2. The molecule has 0 radical (unpaired) electrons. The molecule has 0 unspecified atom stereocenters. The lowest BCUT2D eigenvalue weighted by Gasteiger charge is -2.06. The number of hydrogen-bond donors (Lipinski definition) is 2. The number of hydrogen-bond acceptors (Lipinski definition) is 4. The summed E-state index contributed by atoms with van der Waals surface area (Å²) in [5, 5.41) is 7.90. The number of nitrogens with one attached hydrogen (secondary N) is 2. The van der Waals surface area contributed by atoms with E-state index in [2.05, 4.69) is 15.4 Å². The lowest BCUT2D eigenvalue weighted by atomic mass is 10.2. The van der Waals surface area contributed by atoms with Gasteiger partial charge in [0.05, 0.1) is 14.9 Å². The maximum absolute atomic E-state index is 12.8. The molecule has 0 spiro atoms. The maximum Gasteiger partial charge on any atom is 0.282 e. The predicted molar refractivity (Wildman–Crippen MR) is 108 cm³/mol. The van der Waals surface area contributed by atoms with Crippen LogP contribution in [0.4, 0.5) is 5.69 Å². The summed E-state index contributed by atoms with van der Waals surface area (Å²) in [6.07, 6.45) is 2.95. The van der Waals surface area contributed by atoms with E-state index in [0.29, 0.717) is 10.7 Å². The van der Waals surface area contributed by atoms with E-state index in [9.17, 15) is 13.2 Å². The Labute approximate surface area is 169 Å². The number of aromatic nitrogens is 3. The van der Waals surface area contributed by atoms with Crippen molar-refractivity contribution < 1.29 is 13.2 Å². The topological polar surface area (TPSA) is 96.9 Å². The zero-order valence-electron chi connectivity index (χ0n) is 14.1. The normalized spacial score (nSPS) is 11.6. The number of H-pyrrole nitrogens is 1. The van der Waals surface area contributed by atoms with Gasteiger partial charge in [0.2, 0.25) is 0 Å². The van der Waals surface area contributed by atoms with Gasteiger partial charge in [-0.1, -0.05) is 23.2 Å². The molecule has 0 saturated heterocycles. The van der Waals surface area contributed by atoms with Crippen molar-refractivity contribution in [3.8, 4) is 0 Å². The third-order valence-electron chi connectivity index (χ3n) is 4.05. The summed E-state index contributed by atoms with van der Waals surface area (Å²) in [4.78, 5) is 15.4. The second kappa shape index (κ2) is 6.97. The van der Waals surface area contributed by atoms with Crippen LogP contribution in [0.15, 0.2) is 65.8 Å². The number of rotatable bonds is 4. The highest BCUT2D eigenvalue weighted by atomic mass is 35.5. The zero-order valence-corrected chi connectivity index (χ0v) is 16.4. The van der Waals surface area contributed by atoms with Crippen molar-refractivity contribution >= 4 is 55.7 Å². The molecular formula is C18H12Cl2N4O3S. The predicted octanol–water partition coefficient (Wildman–Crippen LogP) is 4.16. The van der Waals surface area contributed by atoms with Gasteiger partial charge in [-0.2, -0.15) is 17.6 Å². The summed E-state index contributed by atoms with van der Waals surface area (Å²) in [6, 6.07) is 12.4. The van der Waals surface area contributed by atoms with E-state index in [1.807, 2.05) is 0 Å². The molecule has 2 aromatic heterocycles. The maximum atomic E-state index is 12.8. The molecule has 1 amide bonds. The van der Waals surface area contributed by atoms with Gasteiger partial charge >= 0.3 is 0 Å². The molecule has 4 aromatic rings. The first kappa shape index (κ1) is 18.5. The summed E-state index contributed by atoms with van der Waals surface area (Å²) >= 11 is 11.8. The fraction of sp³-hybridized carbons (Fsp3) is 0. The number of aromatic amines is 1. The second-order valence-corrected chi connectivity index (χ2v) is 8.50. The van der Waals surface area contributed by atoms with E-state index in [4.69, 9.17) is 23.2 Å². The first-order valence-electron chi connectivity index (χ1n) is 7.99. The van der Waals surface area contributed by atoms with E-state index in [1.165, 1.54) is 30.5 Å². The van der Waals surface area contributed by atoms with Gasteiger partial charge in [-0.25, -0.2) is 0 Å². The average molecular weight is 435 g/mol. The number of anilines is 1. The van der Waals surface area contributed by atoms with Crippen molar-refractivity contribution in [2.45, 2.75) is 4.90 Å². The van der Waals surface area contributed by atoms with Crippen molar-refractivity contribution in [1.82, 2.24) is 14.2 Å². The van der Waals surface area contributed by atoms with Gasteiger partial charge in [-0.3, -0.25) is 4.79 Å². The van der Waals surface area contributed by atoms with Crippen LogP contribution in [-0.2, 0) is 10.0 Å². The molecule has 0 fully saturated rings. The lowest BCUT2D eigenvalue weighted by Crippen LogP contribution is -2.17. The Bertz CT molecular complexity index is 1310. The SMILES string of the molecule is O=C(Nc1ccc(Cl)c(Cl)c1)c1ccn(S(=O)(=O)c2ccc3[nH]ccc3c2)n1. The minimum atomic E-state index is -3.93. The van der Waals surface area contributed by atoms with E-state index < -0.39 is 15.9 Å². The molecule has 28 heavy (non-hydrogen) atoms. The summed E-state index contributed by atoms with van der Waals surface area (Å²) in [5.41, 5.74) is 1.17. The third-order valence-corrected chi connectivity index (χ3v) is 6.33. The van der Waals surface area contributed by atoms with Crippen LogP contribution < -0.4 is 5.32 Å². The molecule has 142 valence electrons. The zero-order chi connectivity index (χ0) is 19.9. The molecule has 0 aliphatic rings. The monoisotopic (exact) mass is 434 g/mol. The third kappa shape index (κ3) is 3.37. The van der Waals surface area contributed by atoms with Crippen LogP contribution in [-0.4, -0.2) is 28.5 Å². The van der Waals surface area contributed by atoms with Crippen LogP contribution in [0.25, 0.3) is 10.9 Å². The molecule has 0 saturated carbocycles. The van der Waals surface area contributed by atoms with Gasteiger partial charge in [0, 0.05) is 29.0 Å². The molecule has 2 aromatic carbocycles. The Morgan fingerprint density at radius 3 is 2.64 bits per heavy atom. The standard InChI is InChI=1S/C18H12Cl2N4O3S/c19-14-3-1-12(10-15(14)20)22-18(25)17-6-8-24(23-17)28(26,27)13-2-4-16-11(9-13)5-7-21-16/h1-10,21H,(H,22,25). The number of fused-ring (bicyclic) bond motifs is 1. The lowest BCUT2D eigenvalue weighted by molar-refractivity contribution is 0.102. The molecule has 0 bridgehead atoms. The van der Waals surface area contributed by atoms with Crippen LogP contribution >= 0.6 is 23.2 Å². The molecule has 0 atom stereocenters. The summed E-state index contributed by atoms with van der Waals surface area (Å²) in [7, 11) is -3.93. The summed E-state index contributed by atoms with van der Waals surface area (Å²) in [6.45, 7) is 0. The molecule has 4 rings (SSSR count). The van der Waals surface area contributed by atoms with Crippen LogP contribution in [0.2, 0.25) is 10.0 Å². The van der Waals surface area contributed by atoms with Gasteiger partial charge in [0.15, 0.2) is 5.69 Å². The average Bonchev–Trinajstić information content (AvgIpc) is 3.33. The van der Waals surface area contributed by atoms with Gasteiger partial charge in [-0.15, -0.1) is 0 Å². The Kier molecular flexibility index (Phi) is 4.62. The second-order valence-electron chi connectivity index (χ2n) is 5.89. The van der Waals surface area contributed by atoms with Crippen LogP contribution in [0.5, 0.6) is 0 Å². The van der Waals surface area contributed by atoms with Crippen LogP contribution in [0.1, 0.15) is 10.5 Å². The molecule has 2 N–H and O–H groups in total. The molecule has 10 heteroatoms. The van der Waals surface area contributed by atoms with Gasteiger partial charge in [-0.05, 0) is 48.5 Å². The highest BCUT2D eigenvalue weighted by Gasteiger charge is 2.21. The minimum absolute atomic E-state index is 0.0580. The van der Waals surface area contributed by atoms with Gasteiger partial charge < -0.3 is 10.3 Å². The minimum Gasteiger partial charge on any atom is -0.361 e. The van der Waals surface area contributed by atoms with E-state index >= 15 is 0 Å². The molecule has 7 nitrogen and oxygen atoms in total. The largest absolute Gasteiger partial charge is 0.361 e. The van der Waals surface area contributed by atoms with E-state index in [0.717, 1.165) is 15.0 Å². The number of carbonyl (C=O) groups excluding carboxylic acids is 1. The quantitative estimate of drug-likeness (QED) is 0.503. The Balaban J connectivity index is 1.60. The highest BCUT2D eigenvalue weighted by Crippen LogP contribution is 2.25. The first-order chi connectivity index (χ1) is 13.3. The first-order valence-corrected chi connectivity index (χ1v) is 10.2. The highest BCUT2D eigenvalue weighted by molar-refractivity contribution is 7.89. The fourth-order valence-corrected chi connectivity index (χ4v) is 4.08. The molecule has 0 aliphatic heterocycles. The number of nitrogens with zero attached hydrogens (tertiary/aromatic N) is 2. The van der Waals surface area contributed by atoms with Crippen molar-refractivity contribution in [1.29, 1.82) is 0 Å². The number of amides is 1. The van der Waals surface area contributed by atoms with Gasteiger partial charge in [0.25, 0.3) is 15.9 Å². The van der Waals surface area contributed by atoms with Gasteiger partial charge in [0.1, 0.15) is 0 Å². The number of benzene rings is 2. The van der Waals surface area contributed by atoms with Crippen molar-refractivity contribution in [3.63, 3.8) is 0 Å². The van der Waals surface area contributed by atoms with Crippen molar-refractivity contribution in [2.24, 2.45) is 0 Å². The Hall–Kier alpha value is -2.81. The molecule has 2 heterocycles. The van der Waals surface area contributed by atoms with E-state index in [1.54, 1.807) is 30.5 Å². The van der Waals surface area contributed by atoms with Crippen LogP contribution in [0, 0.1) is 0 Å². The Morgan fingerprint density at radius 2 is 1.86 bits per heavy atom. The molecular weight excluding hydrogens is 423 g/mol. The van der Waals surface area contributed by atoms with Crippen molar-refractivity contribution in [2.75, 3.05) is 5.32 Å². The molecule has 0 aliphatic carbocycles. The smallest absolute Gasteiger partial charge is 0.282 e. The van der Waals surface area contributed by atoms with Crippen LogP contribution in [0.3, 0.4) is 0 Å². The fourth-order valence-electron chi connectivity index (χ4n) is 2.63. The summed E-state index contributed by atoms with van der Waals surface area (Å²) in [5.74, 6) is -0.576. The van der Waals surface area contributed by atoms with Crippen molar-refractivity contribution in [3.05, 3.63) is 76.7 Å². The summed E-state index contributed by atoms with van der Waals surface area (Å²) < 4.78 is 26.4.